The number of nitrogens with one attached hydrogen (secondary N) is 1. The van der Waals surface area contributed by atoms with Gasteiger partial charge in [0.05, 0.1) is 10.6 Å². The quantitative estimate of drug-likeness (QED) is 0.885. The van der Waals surface area contributed by atoms with Crippen LogP contribution in [0, 0.1) is 0 Å². The predicted octanol–water partition coefficient (Wildman–Crippen LogP) is 2.11. The van der Waals surface area contributed by atoms with Crippen LogP contribution in [0.15, 0.2) is 23.1 Å². The monoisotopic (exact) mass is 331 g/mol. The molecule has 0 bridgehead atoms. The molecule has 1 aromatic carbocycles. The molecule has 0 aliphatic heterocycles. The van der Waals surface area contributed by atoms with Crippen molar-refractivity contribution in [2.75, 3.05) is 0 Å². The van der Waals surface area contributed by atoms with Gasteiger partial charge in [0.25, 0.3) is 0 Å². The number of rotatable bonds is 4. The second kappa shape index (κ2) is 5.58. The Bertz CT molecular complexity index is 630. The molecule has 0 aliphatic rings. The highest BCUT2D eigenvalue weighted by Gasteiger charge is 2.32. The molecule has 1 aromatic rings. The lowest BCUT2D eigenvalue weighted by atomic mass is 10.2. The Morgan fingerprint density at radius 2 is 1.95 bits per heavy atom. The Balaban J connectivity index is 3.18. The number of alkyl halides is 3. The number of hydrogen-bond acceptors (Lipinski definition) is 3. The second-order valence-corrected chi connectivity index (χ2v) is 5.91. The van der Waals surface area contributed by atoms with E-state index >= 15 is 0 Å². The fraction of sp³-hybridized carbons (Fsp3) is 0.300. The Hall–Kier alpha value is -1.32. The smallest absolute Gasteiger partial charge is 0.416 e. The van der Waals surface area contributed by atoms with Gasteiger partial charge in [0.1, 0.15) is 10.9 Å². The molecule has 0 fully saturated rings. The van der Waals surface area contributed by atoms with Gasteiger partial charge in [0, 0.05) is 0 Å². The SMILES string of the molecule is C[C@@H](NS(=O)(=O)c1ccc(C(F)(F)F)cc1Cl)C(=O)O. The first-order chi connectivity index (χ1) is 8.95. The Kier molecular flexibility index (Phi) is 4.67. The Morgan fingerprint density at radius 3 is 2.35 bits per heavy atom. The van der Waals surface area contributed by atoms with Crippen LogP contribution in [0.25, 0.3) is 0 Å². The number of sulfonamides is 1. The van der Waals surface area contributed by atoms with Crippen molar-refractivity contribution in [3.05, 3.63) is 28.8 Å². The average molecular weight is 332 g/mol. The number of hydrogen-bond donors (Lipinski definition) is 2. The number of carboxylic acid groups (broad SMARTS) is 1. The van der Waals surface area contributed by atoms with Crippen molar-refractivity contribution in [1.29, 1.82) is 0 Å². The maximum absolute atomic E-state index is 12.4. The van der Waals surface area contributed by atoms with Crippen LogP contribution in [0.2, 0.25) is 5.02 Å². The van der Waals surface area contributed by atoms with Crippen LogP contribution < -0.4 is 4.72 Å². The van der Waals surface area contributed by atoms with Crippen molar-refractivity contribution in [1.82, 2.24) is 4.72 Å². The first kappa shape index (κ1) is 16.7. The van der Waals surface area contributed by atoms with Crippen molar-refractivity contribution >= 4 is 27.6 Å². The van der Waals surface area contributed by atoms with Crippen LogP contribution in [0.1, 0.15) is 12.5 Å². The van der Waals surface area contributed by atoms with Gasteiger partial charge >= 0.3 is 12.1 Å². The van der Waals surface area contributed by atoms with Crippen LogP contribution in [-0.2, 0) is 21.0 Å². The largest absolute Gasteiger partial charge is 0.480 e. The zero-order chi connectivity index (χ0) is 15.7. The van der Waals surface area contributed by atoms with E-state index in [2.05, 4.69) is 0 Å². The van der Waals surface area contributed by atoms with Gasteiger partial charge in [-0.3, -0.25) is 4.79 Å². The highest BCUT2D eigenvalue weighted by molar-refractivity contribution is 7.89. The molecule has 0 saturated carbocycles. The summed E-state index contributed by atoms with van der Waals surface area (Å²) < 4.78 is 62.6. The molecule has 0 heterocycles. The van der Waals surface area contributed by atoms with Crippen LogP contribution >= 0.6 is 11.6 Å². The van der Waals surface area contributed by atoms with E-state index in [1.807, 2.05) is 0 Å². The van der Waals surface area contributed by atoms with Gasteiger partial charge in [-0.15, -0.1) is 0 Å². The van der Waals surface area contributed by atoms with Gasteiger partial charge in [-0.1, -0.05) is 11.6 Å². The van der Waals surface area contributed by atoms with E-state index < -0.39 is 43.7 Å². The maximum atomic E-state index is 12.4. The molecule has 10 heteroatoms. The summed E-state index contributed by atoms with van der Waals surface area (Å²) in [5, 5.41) is 7.96. The number of carbonyl (C=O) groups is 1. The molecule has 5 nitrogen and oxygen atoms in total. The highest BCUT2D eigenvalue weighted by atomic mass is 35.5. The summed E-state index contributed by atoms with van der Waals surface area (Å²) in [6.45, 7) is 1.07. The third-order valence-corrected chi connectivity index (χ3v) is 4.27. The van der Waals surface area contributed by atoms with E-state index in [1.165, 1.54) is 0 Å². The fourth-order valence-electron chi connectivity index (χ4n) is 1.24. The predicted molar refractivity (Wildman–Crippen MR) is 63.9 cm³/mol. The number of aliphatic carboxylic acids is 1. The molecule has 1 atom stereocenters. The third kappa shape index (κ3) is 3.84. The number of halogens is 4. The maximum Gasteiger partial charge on any atom is 0.416 e. The van der Waals surface area contributed by atoms with E-state index in [0.29, 0.717) is 18.2 Å². The first-order valence-electron chi connectivity index (χ1n) is 5.07. The molecule has 112 valence electrons. The second-order valence-electron chi connectivity index (χ2n) is 3.82. The van der Waals surface area contributed by atoms with Crippen molar-refractivity contribution in [2.45, 2.75) is 24.0 Å². The zero-order valence-electron chi connectivity index (χ0n) is 9.90. The van der Waals surface area contributed by atoms with E-state index in [0.717, 1.165) is 6.92 Å². The summed E-state index contributed by atoms with van der Waals surface area (Å²) in [5.41, 5.74) is -1.10. The van der Waals surface area contributed by atoms with Gasteiger partial charge in [-0.05, 0) is 25.1 Å². The van der Waals surface area contributed by atoms with E-state index in [1.54, 1.807) is 4.72 Å². The summed E-state index contributed by atoms with van der Waals surface area (Å²) in [6.07, 6.45) is -4.66. The molecule has 0 saturated heterocycles. The lowest BCUT2D eigenvalue weighted by Gasteiger charge is -2.13. The molecular formula is C10H9ClF3NO4S. The van der Waals surface area contributed by atoms with Crippen molar-refractivity contribution in [2.24, 2.45) is 0 Å². The first-order valence-corrected chi connectivity index (χ1v) is 6.93. The summed E-state index contributed by atoms with van der Waals surface area (Å²) in [7, 11) is -4.33. The van der Waals surface area contributed by atoms with E-state index in [9.17, 15) is 26.4 Å². The lowest BCUT2D eigenvalue weighted by Crippen LogP contribution is -2.38. The zero-order valence-corrected chi connectivity index (χ0v) is 11.5. The van der Waals surface area contributed by atoms with E-state index in [-0.39, 0.29) is 0 Å². The van der Waals surface area contributed by atoms with E-state index in [4.69, 9.17) is 16.7 Å². The Morgan fingerprint density at radius 1 is 1.40 bits per heavy atom. The molecule has 1 rings (SSSR count). The normalized spacial score (nSPS) is 14.1. The molecule has 0 aromatic heterocycles. The summed E-state index contributed by atoms with van der Waals surface area (Å²) >= 11 is 5.52. The Labute approximate surface area is 117 Å². The van der Waals surface area contributed by atoms with Gasteiger partial charge in [-0.2, -0.15) is 17.9 Å². The summed E-state index contributed by atoms with van der Waals surface area (Å²) in [4.78, 5) is 9.95. The summed E-state index contributed by atoms with van der Waals surface area (Å²) in [5.74, 6) is -1.43. The number of carboxylic acids is 1. The fourth-order valence-corrected chi connectivity index (χ4v) is 2.98. The number of benzene rings is 1. The molecule has 0 spiro atoms. The summed E-state index contributed by atoms with van der Waals surface area (Å²) in [6, 6.07) is 0.230. The minimum absolute atomic E-state index is 0.460. The third-order valence-electron chi connectivity index (χ3n) is 2.25. The van der Waals surface area contributed by atoms with Gasteiger partial charge in [0.2, 0.25) is 10.0 Å². The molecular weight excluding hydrogens is 323 g/mol. The molecule has 0 aliphatic carbocycles. The highest BCUT2D eigenvalue weighted by Crippen LogP contribution is 2.33. The minimum Gasteiger partial charge on any atom is -0.480 e. The topological polar surface area (TPSA) is 83.5 Å². The van der Waals surface area contributed by atoms with Gasteiger partial charge in [0.15, 0.2) is 0 Å². The molecule has 20 heavy (non-hydrogen) atoms. The molecule has 2 N–H and O–H groups in total. The molecule has 0 unspecified atom stereocenters. The van der Waals surface area contributed by atoms with Crippen LogP contribution in [0.3, 0.4) is 0 Å². The van der Waals surface area contributed by atoms with Gasteiger partial charge < -0.3 is 5.11 Å². The molecule has 0 amide bonds. The minimum atomic E-state index is -4.66. The van der Waals surface area contributed by atoms with Crippen LogP contribution in [-0.4, -0.2) is 25.5 Å². The van der Waals surface area contributed by atoms with Crippen molar-refractivity contribution in [3.8, 4) is 0 Å². The van der Waals surface area contributed by atoms with Crippen LogP contribution in [0.4, 0.5) is 13.2 Å². The average Bonchev–Trinajstić information content (AvgIpc) is 2.26. The molecule has 0 radical (unpaired) electrons. The van der Waals surface area contributed by atoms with Crippen molar-refractivity contribution < 1.29 is 31.5 Å². The van der Waals surface area contributed by atoms with Gasteiger partial charge in [-0.25, -0.2) is 8.42 Å². The van der Waals surface area contributed by atoms with Crippen molar-refractivity contribution in [3.63, 3.8) is 0 Å². The lowest BCUT2D eigenvalue weighted by molar-refractivity contribution is -0.139. The standard InChI is InChI=1S/C10H9ClF3NO4S/c1-5(9(16)17)15-20(18,19)8-3-2-6(4-7(8)11)10(12,13)14/h2-5,15H,1H3,(H,16,17)/t5-/m1/s1. The van der Waals surface area contributed by atoms with Crippen LogP contribution in [0.5, 0.6) is 0 Å².